The van der Waals surface area contributed by atoms with E-state index in [0.29, 0.717) is 12.1 Å². The van der Waals surface area contributed by atoms with E-state index in [2.05, 4.69) is 42.7 Å². The van der Waals surface area contributed by atoms with Crippen molar-refractivity contribution in [3.05, 3.63) is 35.9 Å². The van der Waals surface area contributed by atoms with Crippen molar-refractivity contribution in [2.75, 3.05) is 13.7 Å². The van der Waals surface area contributed by atoms with E-state index in [0.717, 1.165) is 19.4 Å². The van der Waals surface area contributed by atoms with E-state index in [1.807, 2.05) is 0 Å². The second kappa shape index (κ2) is 7.55. The Kier molecular flexibility index (Phi) is 5.69. The molecule has 0 amide bonds. The van der Waals surface area contributed by atoms with Gasteiger partial charge in [-0.05, 0) is 38.3 Å². The first-order valence-electron chi connectivity index (χ1n) is 7.23. The van der Waals surface area contributed by atoms with Crippen LogP contribution in [-0.2, 0) is 11.2 Å². The zero-order valence-corrected chi connectivity index (χ0v) is 11.4. The maximum absolute atomic E-state index is 6.05. The molecule has 0 aromatic heterocycles. The van der Waals surface area contributed by atoms with Crippen molar-refractivity contribution in [2.45, 2.75) is 50.7 Å². The molecule has 0 aliphatic heterocycles. The highest BCUT2D eigenvalue weighted by molar-refractivity contribution is 5.14. The van der Waals surface area contributed by atoms with Gasteiger partial charge in [-0.25, -0.2) is 0 Å². The first-order chi connectivity index (χ1) is 8.90. The molecule has 2 unspecified atom stereocenters. The largest absolute Gasteiger partial charge is 0.377 e. The number of hydrogen-bond donors (Lipinski definition) is 1. The van der Waals surface area contributed by atoms with Gasteiger partial charge in [0, 0.05) is 12.6 Å². The molecule has 1 aliphatic rings. The Morgan fingerprint density at radius 3 is 2.72 bits per heavy atom. The van der Waals surface area contributed by atoms with Gasteiger partial charge in [-0.15, -0.1) is 0 Å². The van der Waals surface area contributed by atoms with Gasteiger partial charge in [0.05, 0.1) is 6.10 Å². The summed E-state index contributed by atoms with van der Waals surface area (Å²) >= 11 is 0. The molecule has 0 radical (unpaired) electrons. The van der Waals surface area contributed by atoms with Crippen LogP contribution >= 0.6 is 0 Å². The van der Waals surface area contributed by atoms with Crippen LogP contribution in [0.1, 0.15) is 37.7 Å². The summed E-state index contributed by atoms with van der Waals surface area (Å²) in [6.45, 7) is 0.887. The summed E-state index contributed by atoms with van der Waals surface area (Å²) in [6, 6.07) is 11.2. The van der Waals surface area contributed by atoms with Crippen molar-refractivity contribution in [1.29, 1.82) is 0 Å². The summed E-state index contributed by atoms with van der Waals surface area (Å²) in [5.74, 6) is 0. The molecule has 18 heavy (non-hydrogen) atoms. The highest BCUT2D eigenvalue weighted by Crippen LogP contribution is 2.21. The minimum atomic E-state index is 0.430. The Morgan fingerprint density at radius 1 is 1.17 bits per heavy atom. The molecule has 0 bridgehead atoms. The van der Waals surface area contributed by atoms with Crippen LogP contribution < -0.4 is 5.32 Å². The molecule has 2 atom stereocenters. The summed E-state index contributed by atoms with van der Waals surface area (Å²) in [4.78, 5) is 0. The summed E-state index contributed by atoms with van der Waals surface area (Å²) < 4.78 is 6.05. The Bertz CT molecular complexity index is 325. The maximum atomic E-state index is 6.05. The van der Waals surface area contributed by atoms with E-state index < -0.39 is 0 Å². The fourth-order valence-corrected chi connectivity index (χ4v) is 2.78. The van der Waals surface area contributed by atoms with Crippen molar-refractivity contribution in [2.24, 2.45) is 0 Å². The maximum Gasteiger partial charge on any atom is 0.0727 e. The number of likely N-dealkylation sites (N-methyl/N-ethyl adjacent to an activating group) is 1. The third kappa shape index (κ3) is 4.11. The van der Waals surface area contributed by atoms with Gasteiger partial charge in [-0.3, -0.25) is 0 Å². The van der Waals surface area contributed by atoms with E-state index in [4.69, 9.17) is 4.74 Å². The standard InChI is InChI=1S/C16H25NO/c1-17-15-11-5-6-12-16(15)18-13-7-10-14-8-3-2-4-9-14/h2-4,8-9,15-17H,5-7,10-13H2,1H3. The summed E-state index contributed by atoms with van der Waals surface area (Å²) in [6.07, 6.45) is 7.82. The molecular formula is C16H25NO. The van der Waals surface area contributed by atoms with Crippen molar-refractivity contribution < 1.29 is 4.74 Å². The smallest absolute Gasteiger partial charge is 0.0727 e. The van der Waals surface area contributed by atoms with Crippen LogP contribution in [0.3, 0.4) is 0 Å². The number of hydrogen-bond acceptors (Lipinski definition) is 2. The van der Waals surface area contributed by atoms with Crippen molar-refractivity contribution >= 4 is 0 Å². The topological polar surface area (TPSA) is 21.3 Å². The molecule has 1 aromatic carbocycles. The molecule has 2 rings (SSSR count). The number of rotatable bonds is 6. The van der Waals surface area contributed by atoms with Crippen molar-refractivity contribution in [3.8, 4) is 0 Å². The van der Waals surface area contributed by atoms with Crippen LogP contribution in [0.5, 0.6) is 0 Å². The van der Waals surface area contributed by atoms with E-state index in [1.165, 1.54) is 31.2 Å². The molecule has 1 aliphatic carbocycles. The molecule has 2 nitrogen and oxygen atoms in total. The number of aryl methyl sites for hydroxylation is 1. The second-order valence-corrected chi connectivity index (χ2v) is 5.18. The summed E-state index contributed by atoms with van der Waals surface area (Å²) in [5.41, 5.74) is 1.41. The van der Waals surface area contributed by atoms with Gasteiger partial charge in [0.25, 0.3) is 0 Å². The SMILES string of the molecule is CNC1CCCCC1OCCCc1ccccc1. The average molecular weight is 247 g/mol. The normalized spacial score (nSPS) is 24.1. The van der Waals surface area contributed by atoms with Crippen LogP contribution in [-0.4, -0.2) is 25.8 Å². The third-order valence-corrected chi connectivity index (χ3v) is 3.86. The van der Waals surface area contributed by atoms with Crippen LogP contribution in [0.2, 0.25) is 0 Å². The summed E-state index contributed by atoms with van der Waals surface area (Å²) in [5, 5.41) is 3.39. The van der Waals surface area contributed by atoms with Gasteiger partial charge in [-0.2, -0.15) is 0 Å². The molecule has 100 valence electrons. The first-order valence-corrected chi connectivity index (χ1v) is 7.23. The number of benzene rings is 1. The number of ether oxygens (including phenoxy) is 1. The van der Waals surface area contributed by atoms with Gasteiger partial charge < -0.3 is 10.1 Å². The van der Waals surface area contributed by atoms with E-state index >= 15 is 0 Å². The fourth-order valence-electron chi connectivity index (χ4n) is 2.78. The van der Waals surface area contributed by atoms with Gasteiger partial charge in [-0.1, -0.05) is 43.2 Å². The lowest BCUT2D eigenvalue weighted by Crippen LogP contribution is -2.41. The van der Waals surface area contributed by atoms with Gasteiger partial charge in [0.15, 0.2) is 0 Å². The Hall–Kier alpha value is -0.860. The molecule has 0 heterocycles. The van der Waals surface area contributed by atoms with Crippen molar-refractivity contribution in [3.63, 3.8) is 0 Å². The first kappa shape index (κ1) is 13.6. The van der Waals surface area contributed by atoms with E-state index in [1.54, 1.807) is 0 Å². The zero-order valence-electron chi connectivity index (χ0n) is 11.4. The Morgan fingerprint density at radius 2 is 1.94 bits per heavy atom. The minimum Gasteiger partial charge on any atom is -0.377 e. The highest BCUT2D eigenvalue weighted by Gasteiger charge is 2.23. The number of nitrogens with one attached hydrogen (secondary N) is 1. The van der Waals surface area contributed by atoms with Crippen LogP contribution in [0, 0.1) is 0 Å². The van der Waals surface area contributed by atoms with Crippen molar-refractivity contribution in [1.82, 2.24) is 5.32 Å². The molecule has 0 saturated heterocycles. The summed E-state index contributed by atoms with van der Waals surface area (Å²) in [7, 11) is 2.05. The van der Waals surface area contributed by atoms with Gasteiger partial charge >= 0.3 is 0 Å². The third-order valence-electron chi connectivity index (χ3n) is 3.86. The molecular weight excluding hydrogens is 222 g/mol. The second-order valence-electron chi connectivity index (χ2n) is 5.18. The molecule has 1 aromatic rings. The quantitative estimate of drug-likeness (QED) is 0.780. The lowest BCUT2D eigenvalue weighted by Gasteiger charge is -2.31. The van der Waals surface area contributed by atoms with E-state index in [9.17, 15) is 0 Å². The van der Waals surface area contributed by atoms with Gasteiger partial charge in [0.1, 0.15) is 0 Å². The zero-order chi connectivity index (χ0) is 12.6. The Balaban J connectivity index is 1.65. The van der Waals surface area contributed by atoms with E-state index in [-0.39, 0.29) is 0 Å². The minimum absolute atomic E-state index is 0.430. The van der Waals surface area contributed by atoms with Crippen LogP contribution in [0.25, 0.3) is 0 Å². The monoisotopic (exact) mass is 247 g/mol. The molecule has 0 spiro atoms. The lowest BCUT2D eigenvalue weighted by molar-refractivity contribution is 0.00616. The van der Waals surface area contributed by atoms with Crippen LogP contribution in [0.4, 0.5) is 0 Å². The lowest BCUT2D eigenvalue weighted by atomic mass is 9.92. The average Bonchev–Trinajstić information content (AvgIpc) is 2.45. The predicted octanol–water partition coefficient (Wildman–Crippen LogP) is 3.17. The molecule has 1 fully saturated rings. The Labute approximate surface area is 111 Å². The molecule has 1 saturated carbocycles. The predicted molar refractivity (Wildman–Crippen MR) is 75.8 cm³/mol. The molecule has 1 N–H and O–H groups in total. The fraction of sp³-hybridized carbons (Fsp3) is 0.625. The molecule has 2 heteroatoms. The van der Waals surface area contributed by atoms with Gasteiger partial charge in [0.2, 0.25) is 0 Å². The van der Waals surface area contributed by atoms with Crippen LogP contribution in [0.15, 0.2) is 30.3 Å². The highest BCUT2D eigenvalue weighted by atomic mass is 16.5.